The Morgan fingerprint density at radius 2 is 1.80 bits per heavy atom. The lowest BCUT2D eigenvalue weighted by Crippen LogP contribution is -2.42. The third-order valence-corrected chi connectivity index (χ3v) is 4.18. The van der Waals surface area contributed by atoms with Gasteiger partial charge in [-0.05, 0) is 46.3 Å². The number of rotatable bonds is 9. The van der Waals surface area contributed by atoms with Crippen LogP contribution >= 0.6 is 11.3 Å². The van der Waals surface area contributed by atoms with E-state index in [2.05, 4.69) is 0 Å². The molecule has 0 radical (unpaired) electrons. The van der Waals surface area contributed by atoms with Crippen LogP contribution in [0.1, 0.15) is 43.3 Å². The third kappa shape index (κ3) is 8.79. The summed E-state index contributed by atoms with van der Waals surface area (Å²) in [5, 5.41) is 1.83. The highest BCUT2D eigenvalue weighted by molar-refractivity contribution is 7.12. The van der Waals surface area contributed by atoms with Gasteiger partial charge in [-0.2, -0.15) is 0 Å². The molecule has 0 unspecified atom stereocenters. The van der Waals surface area contributed by atoms with Crippen LogP contribution in [-0.2, 0) is 14.3 Å². The molecule has 1 aromatic rings. The highest BCUT2D eigenvalue weighted by atomic mass is 32.1. The van der Waals surface area contributed by atoms with Crippen molar-refractivity contribution in [1.82, 2.24) is 9.80 Å². The molecule has 0 saturated carbocycles. The topological polar surface area (TPSA) is 66.9 Å². The fraction of sp³-hybridized carbons (Fsp3) is 0.611. The summed E-state index contributed by atoms with van der Waals surface area (Å²) in [4.78, 5) is 40.6. The molecule has 0 aliphatic carbocycles. The van der Waals surface area contributed by atoms with Crippen LogP contribution < -0.4 is 0 Å². The van der Waals surface area contributed by atoms with E-state index < -0.39 is 11.6 Å². The molecule has 1 heterocycles. The molecule has 7 heteroatoms. The van der Waals surface area contributed by atoms with E-state index in [0.717, 1.165) is 0 Å². The van der Waals surface area contributed by atoms with Crippen molar-refractivity contribution in [2.24, 2.45) is 0 Å². The Kier molecular flexibility index (Phi) is 8.25. The van der Waals surface area contributed by atoms with Crippen molar-refractivity contribution in [2.75, 3.05) is 33.7 Å². The highest BCUT2D eigenvalue weighted by Gasteiger charge is 2.22. The molecule has 0 spiro atoms. The van der Waals surface area contributed by atoms with E-state index in [-0.39, 0.29) is 31.1 Å². The summed E-state index contributed by atoms with van der Waals surface area (Å²) in [7, 11) is 3.80. The number of likely N-dealkylation sites (N-methyl/N-ethyl adjacent to an activating group) is 1. The molecule has 0 aromatic carbocycles. The van der Waals surface area contributed by atoms with Gasteiger partial charge in [0.15, 0.2) is 5.78 Å². The van der Waals surface area contributed by atoms with Crippen molar-refractivity contribution in [3.8, 4) is 0 Å². The standard InChI is InChI=1S/C18H28N2O4S/c1-18(2,3)24-17(23)13-20(11-10-19(4)5)16(22)9-8-14(21)15-7-6-12-25-15/h6-7,12H,8-11,13H2,1-5H3. The number of carbonyl (C=O) groups excluding carboxylic acids is 3. The monoisotopic (exact) mass is 368 g/mol. The summed E-state index contributed by atoms with van der Waals surface area (Å²) < 4.78 is 5.30. The number of ether oxygens (including phenoxy) is 1. The molecule has 6 nitrogen and oxygen atoms in total. The van der Waals surface area contributed by atoms with Crippen molar-refractivity contribution >= 4 is 29.0 Å². The van der Waals surface area contributed by atoms with Crippen molar-refractivity contribution < 1.29 is 19.1 Å². The van der Waals surface area contributed by atoms with Crippen LogP contribution in [-0.4, -0.2) is 66.8 Å². The fourth-order valence-electron chi connectivity index (χ4n) is 2.08. The van der Waals surface area contributed by atoms with E-state index in [1.54, 1.807) is 26.8 Å². The minimum atomic E-state index is -0.595. The first-order chi connectivity index (χ1) is 11.6. The molecule has 0 atom stereocenters. The second-order valence-electron chi connectivity index (χ2n) is 7.11. The molecule has 1 aromatic heterocycles. The minimum Gasteiger partial charge on any atom is -0.459 e. The first-order valence-electron chi connectivity index (χ1n) is 8.29. The number of Topliss-reactive ketones (excluding diaryl/α,β-unsaturated/α-hetero) is 1. The molecule has 1 rings (SSSR count). The first-order valence-corrected chi connectivity index (χ1v) is 9.17. The van der Waals surface area contributed by atoms with Gasteiger partial charge in [-0.25, -0.2) is 0 Å². The van der Waals surface area contributed by atoms with Crippen LogP contribution in [0.4, 0.5) is 0 Å². The van der Waals surface area contributed by atoms with Crippen molar-refractivity contribution in [2.45, 2.75) is 39.2 Å². The molecule has 0 bridgehead atoms. The Balaban J connectivity index is 2.62. The molecule has 0 aliphatic heterocycles. The lowest BCUT2D eigenvalue weighted by atomic mass is 10.1. The van der Waals surface area contributed by atoms with Crippen LogP contribution in [0.15, 0.2) is 17.5 Å². The van der Waals surface area contributed by atoms with Gasteiger partial charge in [0.05, 0.1) is 4.88 Å². The zero-order valence-electron chi connectivity index (χ0n) is 15.7. The van der Waals surface area contributed by atoms with Gasteiger partial charge in [-0.1, -0.05) is 6.07 Å². The van der Waals surface area contributed by atoms with Crippen LogP contribution in [0.2, 0.25) is 0 Å². The van der Waals surface area contributed by atoms with E-state index in [1.807, 2.05) is 30.4 Å². The predicted molar refractivity (Wildman–Crippen MR) is 98.9 cm³/mol. The average molecular weight is 368 g/mol. The highest BCUT2D eigenvalue weighted by Crippen LogP contribution is 2.13. The van der Waals surface area contributed by atoms with Gasteiger partial charge in [-0.15, -0.1) is 11.3 Å². The Hall–Kier alpha value is -1.73. The average Bonchev–Trinajstić information content (AvgIpc) is 3.00. The molecule has 0 saturated heterocycles. The quantitative estimate of drug-likeness (QED) is 0.495. The van der Waals surface area contributed by atoms with Gasteiger partial charge < -0.3 is 14.5 Å². The van der Waals surface area contributed by atoms with Crippen LogP contribution in [0.25, 0.3) is 0 Å². The van der Waals surface area contributed by atoms with Gasteiger partial charge in [0.1, 0.15) is 12.1 Å². The molecular weight excluding hydrogens is 340 g/mol. The fourth-order valence-corrected chi connectivity index (χ4v) is 2.78. The van der Waals surface area contributed by atoms with Gasteiger partial charge in [0.2, 0.25) is 5.91 Å². The van der Waals surface area contributed by atoms with Crippen LogP contribution in [0, 0.1) is 0 Å². The number of hydrogen-bond donors (Lipinski definition) is 0. The number of nitrogens with zero attached hydrogens (tertiary/aromatic N) is 2. The maximum absolute atomic E-state index is 12.5. The van der Waals surface area contributed by atoms with Gasteiger partial charge in [0.25, 0.3) is 0 Å². The molecule has 0 aliphatic rings. The summed E-state index contributed by atoms with van der Waals surface area (Å²) >= 11 is 1.37. The van der Waals surface area contributed by atoms with Gasteiger partial charge in [0, 0.05) is 25.9 Å². The normalized spacial score (nSPS) is 11.4. The Bertz CT molecular complexity index is 576. The largest absolute Gasteiger partial charge is 0.459 e. The number of esters is 1. The maximum atomic E-state index is 12.5. The summed E-state index contributed by atoms with van der Waals surface area (Å²) in [5.41, 5.74) is -0.595. The zero-order chi connectivity index (χ0) is 19.0. The van der Waals surface area contributed by atoms with Crippen molar-refractivity contribution in [3.05, 3.63) is 22.4 Å². The number of carbonyl (C=O) groups is 3. The Morgan fingerprint density at radius 1 is 1.12 bits per heavy atom. The number of ketones is 1. The second-order valence-corrected chi connectivity index (χ2v) is 8.05. The Labute approximate surface area is 153 Å². The number of amides is 1. The molecule has 25 heavy (non-hydrogen) atoms. The van der Waals surface area contributed by atoms with E-state index in [0.29, 0.717) is 18.0 Å². The smallest absolute Gasteiger partial charge is 0.326 e. The Morgan fingerprint density at radius 3 is 2.32 bits per heavy atom. The third-order valence-electron chi connectivity index (χ3n) is 3.27. The first kappa shape index (κ1) is 21.3. The molecular formula is C18H28N2O4S. The molecule has 0 N–H and O–H groups in total. The lowest BCUT2D eigenvalue weighted by Gasteiger charge is -2.26. The van der Waals surface area contributed by atoms with Crippen molar-refractivity contribution in [1.29, 1.82) is 0 Å². The van der Waals surface area contributed by atoms with E-state index >= 15 is 0 Å². The number of hydrogen-bond acceptors (Lipinski definition) is 6. The number of thiophene rings is 1. The summed E-state index contributed by atoms with van der Waals surface area (Å²) in [6.07, 6.45) is 0.235. The summed E-state index contributed by atoms with van der Waals surface area (Å²) in [6, 6.07) is 3.56. The van der Waals surface area contributed by atoms with Crippen molar-refractivity contribution in [3.63, 3.8) is 0 Å². The maximum Gasteiger partial charge on any atom is 0.326 e. The van der Waals surface area contributed by atoms with Gasteiger partial charge >= 0.3 is 5.97 Å². The molecule has 1 amide bonds. The predicted octanol–water partition coefficient (Wildman–Crippen LogP) is 2.44. The van der Waals surface area contributed by atoms with E-state index in [9.17, 15) is 14.4 Å². The van der Waals surface area contributed by atoms with E-state index in [4.69, 9.17) is 4.74 Å². The second kappa shape index (κ2) is 9.68. The molecule has 0 fully saturated rings. The van der Waals surface area contributed by atoms with E-state index in [1.165, 1.54) is 16.2 Å². The minimum absolute atomic E-state index is 0.0480. The van der Waals surface area contributed by atoms with Crippen LogP contribution in [0.5, 0.6) is 0 Å². The van der Waals surface area contributed by atoms with Crippen LogP contribution in [0.3, 0.4) is 0 Å². The summed E-state index contributed by atoms with van der Waals surface area (Å²) in [5.74, 6) is -0.699. The summed E-state index contributed by atoms with van der Waals surface area (Å²) in [6.45, 7) is 6.31. The zero-order valence-corrected chi connectivity index (χ0v) is 16.5. The van der Waals surface area contributed by atoms with Gasteiger partial charge in [-0.3, -0.25) is 14.4 Å². The molecule has 140 valence electrons. The SMILES string of the molecule is CN(C)CCN(CC(=O)OC(C)(C)C)C(=O)CCC(=O)c1cccs1. The lowest BCUT2D eigenvalue weighted by molar-refractivity contribution is -0.159.